The molecular formula is C13H16N4OS. The molecule has 0 radical (unpaired) electrons. The molecule has 2 aliphatic heterocycles. The molecule has 0 spiro atoms. The maximum atomic E-state index is 11.7. The summed E-state index contributed by atoms with van der Waals surface area (Å²) in [4.78, 5) is 18.4. The Hall–Kier alpha value is -1.53. The van der Waals surface area contributed by atoms with Gasteiger partial charge in [0, 0.05) is 13.6 Å². The van der Waals surface area contributed by atoms with E-state index in [9.17, 15) is 4.79 Å². The molecule has 2 aliphatic rings. The van der Waals surface area contributed by atoms with Crippen LogP contribution < -0.4 is 10.6 Å². The minimum Gasteiger partial charge on any atom is -0.350 e. The predicted octanol–water partition coefficient (Wildman–Crippen LogP) is 0.593. The van der Waals surface area contributed by atoms with Crippen molar-refractivity contribution in [2.24, 2.45) is 4.99 Å². The number of hydrogen-bond donors (Lipinski definition) is 2. The van der Waals surface area contributed by atoms with E-state index in [1.807, 2.05) is 25.2 Å². The fourth-order valence-electron chi connectivity index (χ4n) is 2.20. The lowest BCUT2D eigenvalue weighted by Crippen LogP contribution is -2.54. The van der Waals surface area contributed by atoms with E-state index in [0.29, 0.717) is 6.67 Å². The Balaban J connectivity index is 1.68. The van der Waals surface area contributed by atoms with Gasteiger partial charge in [0.1, 0.15) is 11.4 Å². The molecule has 0 aromatic heterocycles. The van der Waals surface area contributed by atoms with Gasteiger partial charge in [-0.3, -0.25) is 10.1 Å². The first kappa shape index (κ1) is 12.5. The van der Waals surface area contributed by atoms with Crippen molar-refractivity contribution in [1.29, 1.82) is 0 Å². The van der Waals surface area contributed by atoms with Crippen molar-refractivity contribution in [2.75, 3.05) is 13.7 Å². The zero-order valence-corrected chi connectivity index (χ0v) is 11.5. The highest BCUT2D eigenvalue weighted by atomic mass is 32.2. The summed E-state index contributed by atoms with van der Waals surface area (Å²) >= 11 is 1.53. The van der Waals surface area contributed by atoms with Crippen LogP contribution in [0.5, 0.6) is 0 Å². The van der Waals surface area contributed by atoms with Gasteiger partial charge in [0.2, 0.25) is 5.91 Å². The largest absolute Gasteiger partial charge is 0.350 e. The Kier molecular flexibility index (Phi) is 3.44. The van der Waals surface area contributed by atoms with Crippen molar-refractivity contribution in [3.8, 4) is 0 Å². The van der Waals surface area contributed by atoms with E-state index in [0.717, 1.165) is 11.7 Å². The number of benzene rings is 1. The number of aliphatic imine (C=N–C) groups is 1. The number of fused-ring (bicyclic) bond motifs is 1. The van der Waals surface area contributed by atoms with Crippen molar-refractivity contribution < 1.29 is 4.79 Å². The van der Waals surface area contributed by atoms with Crippen LogP contribution >= 0.6 is 11.8 Å². The van der Waals surface area contributed by atoms with Gasteiger partial charge in [0.15, 0.2) is 5.17 Å². The van der Waals surface area contributed by atoms with Gasteiger partial charge < -0.3 is 10.2 Å². The number of thioether (sulfide) groups is 1. The first-order chi connectivity index (χ1) is 9.24. The number of amidine groups is 1. The fraction of sp³-hybridized carbons (Fsp3) is 0.385. The molecule has 1 aromatic rings. The third-order valence-corrected chi connectivity index (χ3v) is 4.54. The van der Waals surface area contributed by atoms with Crippen LogP contribution in [0.25, 0.3) is 0 Å². The second-order valence-electron chi connectivity index (χ2n) is 4.66. The van der Waals surface area contributed by atoms with Crippen LogP contribution in [-0.4, -0.2) is 41.1 Å². The SMILES string of the molecule is CN(Cc1ccccc1)C1=NC2NCNC(=O)C2S1. The number of carbonyl (C=O) groups is 1. The molecule has 5 nitrogen and oxygen atoms in total. The molecule has 1 fully saturated rings. The van der Waals surface area contributed by atoms with Crippen molar-refractivity contribution in [1.82, 2.24) is 15.5 Å². The van der Waals surface area contributed by atoms with Gasteiger partial charge >= 0.3 is 0 Å². The summed E-state index contributed by atoms with van der Waals surface area (Å²) in [6.07, 6.45) is -0.0908. The van der Waals surface area contributed by atoms with Gasteiger partial charge in [-0.1, -0.05) is 42.1 Å². The van der Waals surface area contributed by atoms with Gasteiger partial charge in [0.25, 0.3) is 0 Å². The molecule has 1 aromatic carbocycles. The Bertz CT molecular complexity index is 505. The standard InChI is InChI=1S/C13H16N4OS/c1-17(7-9-5-3-2-4-6-9)13-16-11-10(19-13)12(18)15-8-14-11/h2-6,10-11,14H,7-8H2,1H3,(H,15,18). The number of amides is 1. The van der Waals surface area contributed by atoms with Gasteiger partial charge in [-0.25, -0.2) is 4.99 Å². The number of hydrogen-bond acceptors (Lipinski definition) is 5. The van der Waals surface area contributed by atoms with Crippen LogP contribution in [0.2, 0.25) is 0 Å². The van der Waals surface area contributed by atoms with E-state index in [4.69, 9.17) is 0 Å². The van der Waals surface area contributed by atoms with E-state index in [1.54, 1.807) is 0 Å². The Morgan fingerprint density at radius 1 is 1.42 bits per heavy atom. The molecule has 6 heteroatoms. The fourth-order valence-corrected chi connectivity index (χ4v) is 3.32. The van der Waals surface area contributed by atoms with Crippen molar-refractivity contribution in [2.45, 2.75) is 18.0 Å². The Morgan fingerprint density at radius 2 is 2.21 bits per heavy atom. The number of nitrogens with one attached hydrogen (secondary N) is 2. The smallest absolute Gasteiger partial charge is 0.238 e. The van der Waals surface area contributed by atoms with E-state index in [1.165, 1.54) is 17.3 Å². The molecule has 100 valence electrons. The quantitative estimate of drug-likeness (QED) is 0.830. The highest BCUT2D eigenvalue weighted by molar-refractivity contribution is 8.15. The minimum atomic E-state index is -0.137. The van der Waals surface area contributed by atoms with Crippen LogP contribution in [-0.2, 0) is 11.3 Å². The number of rotatable bonds is 2. The lowest BCUT2D eigenvalue weighted by molar-refractivity contribution is -0.122. The molecule has 0 saturated carbocycles. The van der Waals surface area contributed by atoms with E-state index < -0.39 is 0 Å². The van der Waals surface area contributed by atoms with Crippen molar-refractivity contribution in [3.05, 3.63) is 35.9 Å². The minimum absolute atomic E-state index is 0.0700. The normalized spacial score (nSPS) is 25.5. The molecule has 2 N–H and O–H groups in total. The van der Waals surface area contributed by atoms with Crippen LogP contribution in [0, 0.1) is 0 Å². The highest BCUT2D eigenvalue weighted by Gasteiger charge is 2.39. The number of carbonyl (C=O) groups excluding carboxylic acids is 1. The second-order valence-corrected chi connectivity index (χ2v) is 5.77. The summed E-state index contributed by atoms with van der Waals surface area (Å²) in [5.74, 6) is 0.0700. The molecule has 0 bridgehead atoms. The van der Waals surface area contributed by atoms with Crippen molar-refractivity contribution >= 4 is 22.8 Å². The average Bonchev–Trinajstić information content (AvgIpc) is 2.85. The van der Waals surface area contributed by atoms with Crippen LogP contribution in [0.3, 0.4) is 0 Å². The molecule has 0 aliphatic carbocycles. The summed E-state index contributed by atoms with van der Waals surface area (Å²) in [5.41, 5.74) is 1.24. The first-order valence-electron chi connectivity index (χ1n) is 6.24. The molecule has 19 heavy (non-hydrogen) atoms. The van der Waals surface area contributed by atoms with Gasteiger partial charge in [-0.15, -0.1) is 0 Å². The molecule has 1 saturated heterocycles. The Morgan fingerprint density at radius 3 is 2.95 bits per heavy atom. The molecule has 2 unspecified atom stereocenters. The topological polar surface area (TPSA) is 56.7 Å². The molecule has 2 heterocycles. The van der Waals surface area contributed by atoms with Crippen LogP contribution in [0.15, 0.2) is 35.3 Å². The van der Waals surface area contributed by atoms with Gasteiger partial charge in [-0.05, 0) is 5.56 Å². The summed E-state index contributed by atoms with van der Waals surface area (Å²) < 4.78 is 0. The summed E-state index contributed by atoms with van der Waals surface area (Å²) in [7, 11) is 2.01. The lowest BCUT2D eigenvalue weighted by atomic mass is 10.2. The Labute approximate surface area is 116 Å². The molecule has 3 rings (SSSR count). The number of nitrogens with zero attached hydrogens (tertiary/aromatic N) is 2. The lowest BCUT2D eigenvalue weighted by Gasteiger charge is -2.23. The first-order valence-corrected chi connectivity index (χ1v) is 7.12. The summed E-state index contributed by atoms with van der Waals surface area (Å²) in [5, 5.41) is 6.78. The maximum Gasteiger partial charge on any atom is 0.238 e. The molecule has 2 atom stereocenters. The maximum absolute atomic E-state index is 11.7. The third kappa shape index (κ3) is 2.59. The van der Waals surface area contributed by atoms with E-state index >= 15 is 0 Å². The van der Waals surface area contributed by atoms with E-state index in [2.05, 4.69) is 32.7 Å². The predicted molar refractivity (Wildman–Crippen MR) is 76.7 cm³/mol. The summed E-state index contributed by atoms with van der Waals surface area (Å²) in [6.45, 7) is 1.30. The van der Waals surface area contributed by atoms with Gasteiger partial charge in [0.05, 0.1) is 6.67 Å². The van der Waals surface area contributed by atoms with Gasteiger partial charge in [-0.2, -0.15) is 0 Å². The van der Waals surface area contributed by atoms with Crippen molar-refractivity contribution in [3.63, 3.8) is 0 Å². The molecular weight excluding hydrogens is 260 g/mol. The van der Waals surface area contributed by atoms with Crippen LogP contribution in [0.4, 0.5) is 0 Å². The van der Waals surface area contributed by atoms with Crippen LogP contribution in [0.1, 0.15) is 5.56 Å². The zero-order chi connectivity index (χ0) is 13.2. The monoisotopic (exact) mass is 276 g/mol. The third-order valence-electron chi connectivity index (χ3n) is 3.19. The average molecular weight is 276 g/mol. The highest BCUT2D eigenvalue weighted by Crippen LogP contribution is 2.29. The zero-order valence-electron chi connectivity index (χ0n) is 10.7. The summed E-state index contributed by atoms with van der Waals surface area (Å²) in [6, 6.07) is 10.3. The second kappa shape index (κ2) is 5.22. The van der Waals surface area contributed by atoms with E-state index in [-0.39, 0.29) is 17.3 Å². The molecule has 1 amide bonds.